The van der Waals surface area contributed by atoms with E-state index in [0.29, 0.717) is 12.0 Å². The van der Waals surface area contributed by atoms with Crippen molar-refractivity contribution in [1.29, 1.82) is 5.26 Å². The molecule has 1 aromatic carbocycles. The third-order valence-electron chi connectivity index (χ3n) is 2.25. The zero-order chi connectivity index (χ0) is 13.4. The third kappa shape index (κ3) is 5.74. The van der Waals surface area contributed by atoms with Gasteiger partial charge in [0.25, 0.3) is 0 Å². The number of nitrogens with zero attached hydrogens (tertiary/aromatic N) is 1. The molecular formula is C14H18N2OS. The molecule has 18 heavy (non-hydrogen) atoms. The molecule has 0 radical (unpaired) electrons. The van der Waals surface area contributed by atoms with Gasteiger partial charge in [0.2, 0.25) is 5.91 Å². The molecule has 1 rings (SSSR count). The molecule has 0 fully saturated rings. The Kier molecular flexibility index (Phi) is 6.31. The fraction of sp³-hybridized carbons (Fsp3) is 0.429. The Morgan fingerprint density at radius 1 is 1.50 bits per heavy atom. The van der Waals surface area contributed by atoms with E-state index in [1.807, 2.05) is 32.0 Å². The largest absolute Gasteiger partial charge is 0.354 e. The monoisotopic (exact) mass is 262 g/mol. The maximum Gasteiger partial charge on any atom is 0.221 e. The number of nitrogens with one attached hydrogen (secondary N) is 1. The molecule has 0 heterocycles. The van der Waals surface area contributed by atoms with Gasteiger partial charge in [-0.3, -0.25) is 4.79 Å². The van der Waals surface area contributed by atoms with Gasteiger partial charge in [0.05, 0.1) is 11.6 Å². The van der Waals surface area contributed by atoms with Gasteiger partial charge in [-0.05, 0) is 31.5 Å². The van der Waals surface area contributed by atoms with Gasteiger partial charge in [-0.1, -0.05) is 12.1 Å². The lowest BCUT2D eigenvalue weighted by Gasteiger charge is -2.07. The average Bonchev–Trinajstić information content (AvgIpc) is 2.34. The van der Waals surface area contributed by atoms with Crippen molar-refractivity contribution in [2.24, 2.45) is 0 Å². The molecule has 1 N–H and O–H groups in total. The predicted molar refractivity (Wildman–Crippen MR) is 75.2 cm³/mol. The molecule has 0 aliphatic rings. The maximum absolute atomic E-state index is 11.4. The highest BCUT2D eigenvalue weighted by molar-refractivity contribution is 7.98. The van der Waals surface area contributed by atoms with E-state index in [1.54, 1.807) is 17.8 Å². The Hall–Kier alpha value is -1.47. The predicted octanol–water partition coefficient (Wildman–Crippen LogP) is 2.71. The van der Waals surface area contributed by atoms with E-state index in [-0.39, 0.29) is 11.9 Å². The van der Waals surface area contributed by atoms with Crippen molar-refractivity contribution >= 4 is 17.7 Å². The minimum absolute atomic E-state index is 0.100. The van der Waals surface area contributed by atoms with Crippen molar-refractivity contribution in [2.45, 2.75) is 32.1 Å². The number of carbonyl (C=O) groups is 1. The van der Waals surface area contributed by atoms with Crippen LogP contribution in [0.15, 0.2) is 24.3 Å². The van der Waals surface area contributed by atoms with Crippen LogP contribution >= 0.6 is 11.8 Å². The molecule has 0 saturated carbocycles. The van der Waals surface area contributed by atoms with Crippen LogP contribution in [0.25, 0.3) is 0 Å². The molecule has 0 spiro atoms. The Bertz CT molecular complexity index is 438. The van der Waals surface area contributed by atoms with Crippen molar-refractivity contribution in [3.8, 4) is 6.07 Å². The molecular weight excluding hydrogens is 244 g/mol. The molecule has 0 bridgehead atoms. The van der Waals surface area contributed by atoms with Crippen LogP contribution in [0.4, 0.5) is 0 Å². The van der Waals surface area contributed by atoms with Gasteiger partial charge in [0.1, 0.15) is 0 Å². The third-order valence-corrected chi connectivity index (χ3v) is 3.28. The standard InChI is InChI=1S/C14H18N2OS/c1-11(2)16-14(17)6-7-18-10-13-5-3-4-12(8-13)9-15/h3-5,8,11H,6-7,10H2,1-2H3,(H,16,17). The van der Waals surface area contributed by atoms with Crippen LogP contribution in [-0.4, -0.2) is 17.7 Å². The average molecular weight is 262 g/mol. The number of nitriles is 1. The van der Waals surface area contributed by atoms with Crippen LogP contribution in [0.5, 0.6) is 0 Å². The molecule has 0 aliphatic carbocycles. The second kappa shape index (κ2) is 7.78. The lowest BCUT2D eigenvalue weighted by Crippen LogP contribution is -2.30. The number of rotatable bonds is 6. The van der Waals surface area contributed by atoms with E-state index < -0.39 is 0 Å². The Balaban J connectivity index is 2.25. The summed E-state index contributed by atoms with van der Waals surface area (Å²) in [4.78, 5) is 11.4. The molecule has 3 nitrogen and oxygen atoms in total. The number of thioether (sulfide) groups is 1. The highest BCUT2D eigenvalue weighted by Gasteiger charge is 2.03. The van der Waals surface area contributed by atoms with Crippen LogP contribution in [-0.2, 0) is 10.5 Å². The van der Waals surface area contributed by atoms with Gasteiger partial charge < -0.3 is 5.32 Å². The molecule has 0 aromatic heterocycles. The Labute approximate surface area is 113 Å². The summed E-state index contributed by atoms with van der Waals surface area (Å²) < 4.78 is 0. The van der Waals surface area contributed by atoms with E-state index in [9.17, 15) is 4.79 Å². The van der Waals surface area contributed by atoms with Gasteiger partial charge in [-0.2, -0.15) is 17.0 Å². The zero-order valence-electron chi connectivity index (χ0n) is 10.8. The summed E-state index contributed by atoms with van der Waals surface area (Å²) >= 11 is 1.71. The molecule has 1 amide bonds. The topological polar surface area (TPSA) is 52.9 Å². The van der Waals surface area contributed by atoms with Gasteiger partial charge in [0.15, 0.2) is 0 Å². The summed E-state index contributed by atoms with van der Waals surface area (Å²) in [6, 6.07) is 9.90. The van der Waals surface area contributed by atoms with Crippen LogP contribution in [0, 0.1) is 11.3 Å². The fourth-order valence-corrected chi connectivity index (χ4v) is 2.37. The number of hydrogen-bond donors (Lipinski definition) is 1. The van der Waals surface area contributed by atoms with E-state index in [4.69, 9.17) is 5.26 Å². The molecule has 0 saturated heterocycles. The van der Waals surface area contributed by atoms with Crippen molar-refractivity contribution in [3.63, 3.8) is 0 Å². The van der Waals surface area contributed by atoms with Gasteiger partial charge in [-0.15, -0.1) is 0 Å². The smallest absolute Gasteiger partial charge is 0.221 e. The summed E-state index contributed by atoms with van der Waals surface area (Å²) in [6.07, 6.45) is 0.542. The van der Waals surface area contributed by atoms with E-state index in [0.717, 1.165) is 17.1 Å². The minimum Gasteiger partial charge on any atom is -0.354 e. The molecule has 0 atom stereocenters. The number of benzene rings is 1. The van der Waals surface area contributed by atoms with E-state index in [2.05, 4.69) is 11.4 Å². The summed E-state index contributed by atoms with van der Waals surface area (Å²) in [5.41, 5.74) is 1.81. The van der Waals surface area contributed by atoms with Gasteiger partial charge >= 0.3 is 0 Å². The summed E-state index contributed by atoms with van der Waals surface area (Å²) in [6.45, 7) is 3.91. The first-order valence-corrected chi connectivity index (χ1v) is 7.13. The second-order valence-corrected chi connectivity index (χ2v) is 5.44. The van der Waals surface area contributed by atoms with Crippen LogP contribution < -0.4 is 5.32 Å². The summed E-state index contributed by atoms with van der Waals surface area (Å²) in [5, 5.41) is 11.6. The van der Waals surface area contributed by atoms with Crippen LogP contribution in [0.1, 0.15) is 31.4 Å². The van der Waals surface area contributed by atoms with Crippen LogP contribution in [0.3, 0.4) is 0 Å². The second-order valence-electron chi connectivity index (χ2n) is 4.34. The first kappa shape index (κ1) is 14.6. The van der Waals surface area contributed by atoms with Crippen molar-refractivity contribution in [1.82, 2.24) is 5.32 Å². The molecule has 1 aromatic rings. The number of carbonyl (C=O) groups excluding carboxylic acids is 1. The summed E-state index contributed by atoms with van der Waals surface area (Å²) in [5.74, 6) is 1.74. The first-order valence-electron chi connectivity index (χ1n) is 5.98. The first-order chi connectivity index (χ1) is 8.61. The SMILES string of the molecule is CC(C)NC(=O)CCSCc1cccc(C#N)c1. The Morgan fingerprint density at radius 2 is 2.28 bits per heavy atom. The zero-order valence-corrected chi connectivity index (χ0v) is 11.6. The van der Waals surface area contributed by atoms with Crippen LogP contribution in [0.2, 0.25) is 0 Å². The van der Waals surface area contributed by atoms with Crippen molar-refractivity contribution < 1.29 is 4.79 Å². The fourth-order valence-electron chi connectivity index (χ4n) is 1.48. The van der Waals surface area contributed by atoms with Crippen molar-refractivity contribution in [2.75, 3.05) is 5.75 Å². The lowest BCUT2D eigenvalue weighted by atomic mass is 10.2. The molecule has 0 unspecified atom stereocenters. The molecule has 96 valence electrons. The quantitative estimate of drug-likeness (QED) is 0.802. The van der Waals surface area contributed by atoms with E-state index >= 15 is 0 Å². The summed E-state index contributed by atoms with van der Waals surface area (Å²) in [7, 11) is 0. The minimum atomic E-state index is 0.100. The van der Waals surface area contributed by atoms with Crippen molar-refractivity contribution in [3.05, 3.63) is 35.4 Å². The van der Waals surface area contributed by atoms with E-state index in [1.165, 1.54) is 0 Å². The van der Waals surface area contributed by atoms with Gasteiger partial charge in [-0.25, -0.2) is 0 Å². The maximum atomic E-state index is 11.4. The highest BCUT2D eigenvalue weighted by Crippen LogP contribution is 2.14. The highest BCUT2D eigenvalue weighted by atomic mass is 32.2. The number of amides is 1. The lowest BCUT2D eigenvalue weighted by molar-refractivity contribution is -0.121. The molecule has 4 heteroatoms. The number of hydrogen-bond acceptors (Lipinski definition) is 3. The normalized spacial score (nSPS) is 10.1. The van der Waals surface area contributed by atoms with Gasteiger partial charge in [0, 0.05) is 24.0 Å². The Morgan fingerprint density at radius 3 is 2.94 bits per heavy atom. The molecule has 0 aliphatic heterocycles.